The summed E-state index contributed by atoms with van der Waals surface area (Å²) in [6.07, 6.45) is 1.10. The lowest BCUT2D eigenvalue weighted by molar-refractivity contribution is 0.0705. The van der Waals surface area contributed by atoms with E-state index >= 15 is 0 Å². The second-order valence-corrected chi connectivity index (χ2v) is 7.14. The molecule has 1 aliphatic rings. The largest absolute Gasteiger partial charge is 0.497 e. The van der Waals surface area contributed by atoms with Crippen LogP contribution in [-0.4, -0.2) is 43.2 Å². The van der Waals surface area contributed by atoms with E-state index in [9.17, 15) is 0 Å². The third-order valence-corrected chi connectivity index (χ3v) is 4.47. The van der Waals surface area contributed by atoms with Gasteiger partial charge in [-0.2, -0.15) is 0 Å². The SMILES string of the molecule is COc1ccc(CCN2CC(C)(C)NCC2C(C)C)cc1. The van der Waals surface area contributed by atoms with Gasteiger partial charge >= 0.3 is 0 Å². The van der Waals surface area contributed by atoms with Crippen LogP contribution in [0.2, 0.25) is 0 Å². The smallest absolute Gasteiger partial charge is 0.118 e. The zero-order chi connectivity index (χ0) is 15.5. The molecule has 0 bridgehead atoms. The van der Waals surface area contributed by atoms with Crippen LogP contribution in [-0.2, 0) is 6.42 Å². The molecule has 1 aromatic rings. The average molecular weight is 290 g/mol. The zero-order valence-corrected chi connectivity index (χ0v) is 14.1. The quantitative estimate of drug-likeness (QED) is 0.902. The van der Waals surface area contributed by atoms with Gasteiger partial charge in [0.2, 0.25) is 0 Å². The first-order chi connectivity index (χ1) is 9.91. The highest BCUT2D eigenvalue weighted by Crippen LogP contribution is 2.21. The molecule has 2 rings (SSSR count). The van der Waals surface area contributed by atoms with Gasteiger partial charge in [0, 0.05) is 31.2 Å². The van der Waals surface area contributed by atoms with Crippen molar-refractivity contribution in [1.82, 2.24) is 10.2 Å². The van der Waals surface area contributed by atoms with Crippen molar-refractivity contribution in [3.63, 3.8) is 0 Å². The van der Waals surface area contributed by atoms with Crippen LogP contribution >= 0.6 is 0 Å². The molecule has 1 aliphatic heterocycles. The van der Waals surface area contributed by atoms with Gasteiger partial charge in [-0.25, -0.2) is 0 Å². The number of nitrogens with one attached hydrogen (secondary N) is 1. The summed E-state index contributed by atoms with van der Waals surface area (Å²) in [5.41, 5.74) is 1.60. The lowest BCUT2D eigenvalue weighted by atomic mass is 9.92. The van der Waals surface area contributed by atoms with E-state index in [1.165, 1.54) is 5.56 Å². The second kappa shape index (κ2) is 6.80. The van der Waals surface area contributed by atoms with Crippen LogP contribution in [0, 0.1) is 5.92 Å². The normalized spacial score (nSPS) is 22.5. The summed E-state index contributed by atoms with van der Waals surface area (Å²) in [5, 5.41) is 3.67. The van der Waals surface area contributed by atoms with Gasteiger partial charge in [-0.3, -0.25) is 4.90 Å². The van der Waals surface area contributed by atoms with Crippen molar-refractivity contribution in [2.75, 3.05) is 26.7 Å². The Morgan fingerprint density at radius 2 is 1.95 bits per heavy atom. The zero-order valence-electron chi connectivity index (χ0n) is 14.1. The van der Waals surface area contributed by atoms with E-state index in [1.807, 2.05) is 0 Å². The van der Waals surface area contributed by atoms with Gasteiger partial charge in [0.05, 0.1) is 7.11 Å². The number of ether oxygens (including phenoxy) is 1. The fourth-order valence-corrected chi connectivity index (χ4v) is 3.16. The lowest BCUT2D eigenvalue weighted by Gasteiger charge is -2.46. The molecule has 1 N–H and O–H groups in total. The Labute approximate surface area is 129 Å². The Morgan fingerprint density at radius 1 is 1.29 bits per heavy atom. The van der Waals surface area contributed by atoms with Gasteiger partial charge in [0.1, 0.15) is 5.75 Å². The molecule has 3 heteroatoms. The highest BCUT2D eigenvalue weighted by Gasteiger charge is 2.33. The van der Waals surface area contributed by atoms with E-state index in [4.69, 9.17) is 4.74 Å². The molecule has 0 spiro atoms. The summed E-state index contributed by atoms with van der Waals surface area (Å²) >= 11 is 0. The van der Waals surface area contributed by atoms with E-state index in [1.54, 1.807) is 7.11 Å². The lowest BCUT2D eigenvalue weighted by Crippen LogP contribution is -2.63. The van der Waals surface area contributed by atoms with Crippen molar-refractivity contribution in [2.24, 2.45) is 5.92 Å². The molecule has 1 atom stereocenters. The maximum Gasteiger partial charge on any atom is 0.118 e. The maximum absolute atomic E-state index is 5.22. The van der Waals surface area contributed by atoms with E-state index in [-0.39, 0.29) is 5.54 Å². The molecule has 1 saturated heterocycles. The number of nitrogens with zero attached hydrogens (tertiary/aromatic N) is 1. The Kier molecular flexibility index (Phi) is 5.28. The predicted octanol–water partition coefficient (Wildman–Crippen LogP) is 2.95. The molecule has 1 heterocycles. The van der Waals surface area contributed by atoms with Crippen LogP contribution < -0.4 is 10.1 Å². The Morgan fingerprint density at radius 3 is 2.52 bits per heavy atom. The highest BCUT2D eigenvalue weighted by atomic mass is 16.5. The molecule has 21 heavy (non-hydrogen) atoms. The molecule has 1 fully saturated rings. The van der Waals surface area contributed by atoms with Gasteiger partial charge in [-0.15, -0.1) is 0 Å². The van der Waals surface area contributed by atoms with E-state index < -0.39 is 0 Å². The van der Waals surface area contributed by atoms with Crippen LogP contribution in [0.1, 0.15) is 33.3 Å². The van der Waals surface area contributed by atoms with Gasteiger partial charge in [0.25, 0.3) is 0 Å². The number of rotatable bonds is 5. The summed E-state index contributed by atoms with van der Waals surface area (Å²) < 4.78 is 5.22. The van der Waals surface area contributed by atoms with Gasteiger partial charge in [-0.05, 0) is 43.9 Å². The molecule has 1 aromatic carbocycles. The fourth-order valence-electron chi connectivity index (χ4n) is 3.16. The Hall–Kier alpha value is -1.06. The molecular weight excluding hydrogens is 260 g/mol. The molecular formula is C18H30N2O. The molecule has 3 nitrogen and oxygen atoms in total. The topological polar surface area (TPSA) is 24.5 Å². The summed E-state index contributed by atoms with van der Waals surface area (Å²) in [6, 6.07) is 9.09. The van der Waals surface area contributed by atoms with Crippen molar-refractivity contribution in [3.05, 3.63) is 29.8 Å². The standard InChI is InChI=1S/C18H30N2O/c1-14(2)17-12-19-18(3,4)13-20(17)11-10-15-6-8-16(21-5)9-7-15/h6-9,14,17,19H,10-13H2,1-5H3. The highest BCUT2D eigenvalue weighted by molar-refractivity contribution is 5.27. The summed E-state index contributed by atoms with van der Waals surface area (Å²) in [7, 11) is 1.71. The predicted molar refractivity (Wildman–Crippen MR) is 89.0 cm³/mol. The summed E-state index contributed by atoms with van der Waals surface area (Å²) in [6.45, 7) is 12.6. The summed E-state index contributed by atoms with van der Waals surface area (Å²) in [5.74, 6) is 1.62. The van der Waals surface area contributed by atoms with Crippen LogP contribution in [0.25, 0.3) is 0 Å². The minimum Gasteiger partial charge on any atom is -0.497 e. The third kappa shape index (κ3) is 4.45. The van der Waals surface area contributed by atoms with Crippen LogP contribution in [0.15, 0.2) is 24.3 Å². The van der Waals surface area contributed by atoms with Gasteiger partial charge in [-0.1, -0.05) is 26.0 Å². The first-order valence-electron chi connectivity index (χ1n) is 8.03. The van der Waals surface area contributed by atoms with Gasteiger partial charge < -0.3 is 10.1 Å². The average Bonchev–Trinajstić information content (AvgIpc) is 2.44. The minimum atomic E-state index is 0.214. The first kappa shape index (κ1) is 16.3. The van der Waals surface area contributed by atoms with Crippen LogP contribution in [0.4, 0.5) is 0 Å². The molecule has 0 saturated carbocycles. The fraction of sp³-hybridized carbons (Fsp3) is 0.667. The Balaban J connectivity index is 1.97. The number of hydrogen-bond donors (Lipinski definition) is 1. The summed E-state index contributed by atoms with van der Waals surface area (Å²) in [4.78, 5) is 2.66. The van der Waals surface area contributed by atoms with Crippen molar-refractivity contribution >= 4 is 0 Å². The second-order valence-electron chi connectivity index (χ2n) is 7.14. The van der Waals surface area contributed by atoms with Crippen LogP contribution in [0.3, 0.4) is 0 Å². The number of hydrogen-bond acceptors (Lipinski definition) is 3. The molecule has 1 unspecified atom stereocenters. The molecule has 0 aliphatic carbocycles. The third-order valence-electron chi connectivity index (χ3n) is 4.47. The van der Waals surface area contributed by atoms with Crippen molar-refractivity contribution in [1.29, 1.82) is 0 Å². The van der Waals surface area contributed by atoms with Crippen molar-refractivity contribution in [3.8, 4) is 5.75 Å². The number of methoxy groups -OCH3 is 1. The van der Waals surface area contributed by atoms with Crippen molar-refractivity contribution in [2.45, 2.75) is 45.7 Å². The maximum atomic E-state index is 5.22. The van der Waals surface area contributed by atoms with Crippen LogP contribution in [0.5, 0.6) is 5.75 Å². The molecule has 0 aromatic heterocycles. The Bertz CT molecular complexity index is 439. The van der Waals surface area contributed by atoms with Crippen molar-refractivity contribution < 1.29 is 4.74 Å². The number of benzene rings is 1. The van der Waals surface area contributed by atoms with E-state index in [2.05, 4.69) is 62.2 Å². The molecule has 0 radical (unpaired) electrons. The molecule has 118 valence electrons. The van der Waals surface area contributed by atoms with E-state index in [0.29, 0.717) is 12.0 Å². The first-order valence-corrected chi connectivity index (χ1v) is 8.03. The monoisotopic (exact) mass is 290 g/mol. The van der Waals surface area contributed by atoms with E-state index in [0.717, 1.165) is 31.8 Å². The number of piperazine rings is 1. The van der Waals surface area contributed by atoms with Gasteiger partial charge in [0.15, 0.2) is 0 Å². The minimum absolute atomic E-state index is 0.214. The molecule has 0 amide bonds.